The van der Waals surface area contributed by atoms with Gasteiger partial charge in [0.25, 0.3) is 0 Å². The van der Waals surface area contributed by atoms with Gasteiger partial charge in [0.15, 0.2) is 5.82 Å². The number of tetrazole rings is 1. The second kappa shape index (κ2) is 4.53. The molecule has 0 saturated heterocycles. The van der Waals surface area contributed by atoms with Crippen molar-refractivity contribution < 1.29 is 0 Å². The fraction of sp³-hybridized carbons (Fsp3) is 0.250. The molecule has 1 aromatic carbocycles. The molecule has 0 bridgehead atoms. The summed E-state index contributed by atoms with van der Waals surface area (Å²) >= 11 is 3.49. The molecule has 18 heavy (non-hydrogen) atoms. The van der Waals surface area contributed by atoms with Gasteiger partial charge in [0.2, 0.25) is 0 Å². The van der Waals surface area contributed by atoms with E-state index < -0.39 is 0 Å². The zero-order chi connectivity index (χ0) is 12.5. The molecule has 5 nitrogen and oxygen atoms in total. The van der Waals surface area contributed by atoms with Gasteiger partial charge < -0.3 is 4.90 Å². The maximum absolute atomic E-state index is 4.00. The van der Waals surface area contributed by atoms with E-state index in [1.807, 2.05) is 7.05 Å². The van der Waals surface area contributed by atoms with Crippen molar-refractivity contribution in [1.82, 2.24) is 25.1 Å². The van der Waals surface area contributed by atoms with E-state index in [4.69, 9.17) is 0 Å². The average molecular weight is 306 g/mol. The topological polar surface area (TPSA) is 46.8 Å². The minimum absolute atomic E-state index is 0.718. The van der Waals surface area contributed by atoms with Crippen LogP contribution in [0, 0.1) is 0 Å². The van der Waals surface area contributed by atoms with E-state index in [0.717, 1.165) is 23.4 Å². The van der Waals surface area contributed by atoms with E-state index >= 15 is 0 Å². The first-order chi connectivity index (χ1) is 8.72. The molecule has 0 radical (unpaired) electrons. The first-order valence-corrected chi connectivity index (χ1v) is 6.43. The number of hydrogen-bond donors (Lipinski definition) is 0. The highest BCUT2D eigenvalue weighted by molar-refractivity contribution is 9.10. The summed E-state index contributed by atoms with van der Waals surface area (Å²) in [5.41, 5.74) is 2.58. The van der Waals surface area contributed by atoms with E-state index in [1.165, 1.54) is 11.1 Å². The molecular formula is C12H12BrN5. The molecule has 1 aromatic heterocycles. The van der Waals surface area contributed by atoms with Crippen LogP contribution in [-0.2, 0) is 20.1 Å². The van der Waals surface area contributed by atoms with E-state index in [-0.39, 0.29) is 0 Å². The maximum Gasteiger partial charge on any atom is 0.170 e. The van der Waals surface area contributed by atoms with Gasteiger partial charge in [-0.2, -0.15) is 0 Å². The summed E-state index contributed by atoms with van der Waals surface area (Å²) in [4.78, 5) is 2.20. The molecule has 2 aromatic rings. The van der Waals surface area contributed by atoms with Crippen molar-refractivity contribution in [3.8, 4) is 0 Å². The highest BCUT2D eigenvalue weighted by atomic mass is 79.9. The number of aryl methyl sites for hydroxylation is 1. The fourth-order valence-electron chi connectivity index (χ4n) is 1.99. The molecule has 2 heterocycles. The molecule has 0 atom stereocenters. The lowest BCUT2D eigenvalue weighted by atomic mass is 10.0. The zero-order valence-corrected chi connectivity index (χ0v) is 11.5. The van der Waals surface area contributed by atoms with Crippen LogP contribution in [0.25, 0.3) is 6.08 Å². The smallest absolute Gasteiger partial charge is 0.170 e. The first kappa shape index (κ1) is 11.4. The van der Waals surface area contributed by atoms with Gasteiger partial charge in [-0.1, -0.05) is 22.0 Å². The molecule has 0 saturated carbocycles. The number of hydrogen-bond acceptors (Lipinski definition) is 4. The Balaban J connectivity index is 1.80. The average Bonchev–Trinajstić information content (AvgIpc) is 2.75. The largest absolute Gasteiger partial charge is 0.366 e. The lowest BCUT2D eigenvalue weighted by molar-refractivity contribution is 0.343. The summed E-state index contributed by atoms with van der Waals surface area (Å²) in [5, 5.41) is 11.5. The SMILES string of the molecule is Cn1nnnc1CN1C=Cc2cc(Br)ccc2C1. The molecule has 6 heteroatoms. The van der Waals surface area contributed by atoms with Crippen LogP contribution in [0.15, 0.2) is 28.9 Å². The molecule has 0 unspecified atom stereocenters. The fourth-order valence-corrected chi connectivity index (χ4v) is 2.37. The summed E-state index contributed by atoms with van der Waals surface area (Å²) in [7, 11) is 1.86. The normalized spacial score (nSPS) is 13.8. The molecule has 92 valence electrons. The van der Waals surface area contributed by atoms with E-state index in [1.54, 1.807) is 4.68 Å². The van der Waals surface area contributed by atoms with Crippen LogP contribution in [0.5, 0.6) is 0 Å². The first-order valence-electron chi connectivity index (χ1n) is 5.64. The lowest BCUT2D eigenvalue weighted by Gasteiger charge is -2.24. The molecule has 0 spiro atoms. The third kappa shape index (κ3) is 2.15. The van der Waals surface area contributed by atoms with Gasteiger partial charge in [0, 0.05) is 24.3 Å². The Bertz CT molecular complexity index is 604. The van der Waals surface area contributed by atoms with Crippen molar-refractivity contribution in [3.05, 3.63) is 45.8 Å². The predicted octanol–water partition coefficient (Wildman–Crippen LogP) is 1.96. The number of fused-ring (bicyclic) bond motifs is 1. The van der Waals surface area contributed by atoms with Gasteiger partial charge in [0.05, 0.1) is 6.54 Å². The zero-order valence-electron chi connectivity index (χ0n) is 9.91. The maximum atomic E-state index is 4.00. The number of halogens is 1. The van der Waals surface area contributed by atoms with Crippen molar-refractivity contribution in [2.45, 2.75) is 13.1 Å². The quantitative estimate of drug-likeness (QED) is 0.851. The van der Waals surface area contributed by atoms with Gasteiger partial charge in [-0.05, 0) is 39.8 Å². The van der Waals surface area contributed by atoms with Crippen molar-refractivity contribution in [2.24, 2.45) is 7.05 Å². The number of benzene rings is 1. The molecule has 0 fully saturated rings. The summed E-state index contributed by atoms with van der Waals surface area (Å²) in [6.45, 7) is 1.60. The van der Waals surface area contributed by atoms with Gasteiger partial charge in [0.1, 0.15) is 0 Å². The Morgan fingerprint density at radius 3 is 3.06 bits per heavy atom. The Kier molecular flexibility index (Phi) is 2.87. The van der Waals surface area contributed by atoms with Crippen molar-refractivity contribution in [2.75, 3.05) is 0 Å². The third-order valence-electron chi connectivity index (χ3n) is 3.00. The Hall–Kier alpha value is -1.69. The highest BCUT2D eigenvalue weighted by Gasteiger charge is 2.13. The van der Waals surface area contributed by atoms with E-state index in [0.29, 0.717) is 0 Å². The Morgan fingerprint density at radius 2 is 2.28 bits per heavy atom. The van der Waals surface area contributed by atoms with Gasteiger partial charge >= 0.3 is 0 Å². The molecule has 3 rings (SSSR count). The van der Waals surface area contributed by atoms with Gasteiger partial charge in [-0.15, -0.1) is 5.10 Å². The van der Waals surface area contributed by atoms with Crippen LogP contribution < -0.4 is 0 Å². The minimum Gasteiger partial charge on any atom is -0.366 e. The Morgan fingerprint density at radius 1 is 1.39 bits per heavy atom. The number of aromatic nitrogens is 4. The van der Waals surface area contributed by atoms with Crippen molar-refractivity contribution in [3.63, 3.8) is 0 Å². The molecule has 0 amide bonds. The molecule has 0 N–H and O–H groups in total. The summed E-state index contributed by atoms with van der Waals surface area (Å²) in [5.74, 6) is 0.861. The van der Waals surface area contributed by atoms with Crippen molar-refractivity contribution in [1.29, 1.82) is 0 Å². The molecule has 0 aliphatic carbocycles. The second-order valence-corrected chi connectivity index (χ2v) is 5.20. The summed E-state index contributed by atoms with van der Waals surface area (Å²) in [6.07, 6.45) is 4.21. The summed E-state index contributed by atoms with van der Waals surface area (Å²) < 4.78 is 2.81. The molecule has 1 aliphatic heterocycles. The summed E-state index contributed by atoms with van der Waals surface area (Å²) in [6, 6.07) is 6.35. The number of rotatable bonds is 2. The van der Waals surface area contributed by atoms with E-state index in [9.17, 15) is 0 Å². The van der Waals surface area contributed by atoms with Gasteiger partial charge in [-0.3, -0.25) is 0 Å². The lowest BCUT2D eigenvalue weighted by Crippen LogP contribution is -2.21. The third-order valence-corrected chi connectivity index (χ3v) is 3.49. The van der Waals surface area contributed by atoms with Crippen LogP contribution >= 0.6 is 15.9 Å². The van der Waals surface area contributed by atoms with Crippen molar-refractivity contribution >= 4 is 22.0 Å². The monoisotopic (exact) mass is 305 g/mol. The van der Waals surface area contributed by atoms with Gasteiger partial charge in [-0.25, -0.2) is 4.68 Å². The predicted molar refractivity (Wildman–Crippen MR) is 71.2 cm³/mol. The van der Waals surface area contributed by atoms with Crippen LogP contribution in [0.3, 0.4) is 0 Å². The van der Waals surface area contributed by atoms with Crippen LogP contribution in [0.4, 0.5) is 0 Å². The van der Waals surface area contributed by atoms with Crippen LogP contribution in [0.2, 0.25) is 0 Å². The Labute approximate surface area is 113 Å². The number of nitrogens with zero attached hydrogens (tertiary/aromatic N) is 5. The molecular weight excluding hydrogens is 294 g/mol. The molecule has 1 aliphatic rings. The van der Waals surface area contributed by atoms with Crippen LogP contribution in [0.1, 0.15) is 17.0 Å². The van der Waals surface area contributed by atoms with E-state index in [2.05, 4.69) is 66.8 Å². The second-order valence-electron chi connectivity index (χ2n) is 4.28. The van der Waals surface area contributed by atoms with Crippen LogP contribution in [-0.4, -0.2) is 25.1 Å². The standard InChI is InChI=1S/C12H12BrN5/c1-17-12(14-15-16-17)8-18-5-4-9-6-11(13)3-2-10(9)7-18/h2-6H,7-8H2,1H3. The highest BCUT2D eigenvalue weighted by Crippen LogP contribution is 2.24. The minimum atomic E-state index is 0.718.